The molecular weight excluding hydrogens is 442 g/mol. The molecule has 0 bridgehead atoms. The second-order valence-corrected chi connectivity index (χ2v) is 9.78. The molecule has 0 spiro atoms. The van der Waals surface area contributed by atoms with Crippen LogP contribution in [0.5, 0.6) is 5.75 Å². The lowest BCUT2D eigenvalue weighted by Gasteiger charge is -2.26. The Labute approximate surface area is 164 Å². The van der Waals surface area contributed by atoms with E-state index in [1.807, 2.05) is 77.6 Å². The van der Waals surface area contributed by atoms with Gasteiger partial charge in [0.05, 0.1) is 5.30 Å². The number of hydrogen-bond donors (Lipinski definition) is 0. The maximum Gasteiger partial charge on any atom is 0.192 e. The van der Waals surface area contributed by atoms with E-state index in [2.05, 4.69) is 26.0 Å². The Morgan fingerprint density at radius 1 is 0.960 bits per heavy atom. The highest BCUT2D eigenvalue weighted by Gasteiger charge is 2.35. The molecule has 3 rings (SSSR count). The van der Waals surface area contributed by atoms with Crippen molar-refractivity contribution >= 4 is 40.8 Å². The van der Waals surface area contributed by atoms with Crippen LogP contribution in [0.3, 0.4) is 0 Å². The lowest BCUT2D eigenvalue weighted by Crippen LogP contribution is -2.19. The van der Waals surface area contributed by atoms with Crippen molar-refractivity contribution in [2.24, 2.45) is 5.92 Å². The largest absolute Gasteiger partial charge is 0.427 e. The topological polar surface area (TPSA) is 26.3 Å². The zero-order valence-corrected chi connectivity index (χ0v) is 17.5. The van der Waals surface area contributed by atoms with Gasteiger partial charge < -0.3 is 7.63 Å². The van der Waals surface area contributed by atoms with Gasteiger partial charge in [0.15, 0.2) is 30.1 Å². The molecule has 1 aliphatic carbocycles. The summed E-state index contributed by atoms with van der Waals surface area (Å²) in [6, 6.07) is 17.5. The van der Waals surface area contributed by atoms with Crippen molar-refractivity contribution in [1.29, 1.82) is 0 Å². The Kier molecular flexibility index (Phi) is 5.85. The van der Waals surface area contributed by atoms with E-state index >= 15 is 0 Å². The second-order valence-electron chi connectivity index (χ2n) is 6.54. The summed E-state index contributed by atoms with van der Waals surface area (Å²) in [5.41, 5.74) is 1.42. The van der Waals surface area contributed by atoms with Crippen LogP contribution >= 0.6 is 30.1 Å². The van der Waals surface area contributed by atoms with Gasteiger partial charge in [-0.25, -0.2) is 0 Å². The van der Waals surface area contributed by atoms with E-state index < -0.39 is 7.14 Å². The molecule has 2 nitrogen and oxygen atoms in total. The number of para-hydroxylation sites is 1. The molecule has 130 valence electrons. The van der Waals surface area contributed by atoms with Gasteiger partial charge in [-0.1, -0.05) is 74.0 Å². The van der Waals surface area contributed by atoms with Crippen molar-refractivity contribution in [2.45, 2.75) is 26.7 Å². The smallest absolute Gasteiger partial charge is 0.192 e. The molecule has 1 aliphatic rings. The van der Waals surface area contributed by atoms with E-state index in [9.17, 15) is 4.57 Å². The molecule has 0 heterocycles. The van der Waals surface area contributed by atoms with Gasteiger partial charge in [0.1, 0.15) is 5.75 Å². The minimum Gasteiger partial charge on any atom is -0.427 e. The van der Waals surface area contributed by atoms with Crippen LogP contribution in [-0.4, -0.2) is 0 Å². The van der Waals surface area contributed by atoms with Crippen LogP contribution in [0.15, 0.2) is 77.6 Å². The van der Waals surface area contributed by atoms with Gasteiger partial charge in [-0.05, 0) is 36.2 Å². The maximum absolute atomic E-state index is 14.4. The van der Waals surface area contributed by atoms with Crippen molar-refractivity contribution in [3.8, 4) is 5.75 Å². The zero-order chi connectivity index (χ0) is 17.9. The van der Waals surface area contributed by atoms with Crippen LogP contribution in [0.25, 0.3) is 0 Å². The molecule has 0 saturated carbocycles. The van der Waals surface area contributed by atoms with Crippen molar-refractivity contribution in [1.82, 2.24) is 0 Å². The molecule has 0 amide bonds. The van der Waals surface area contributed by atoms with Gasteiger partial charge >= 0.3 is 0 Å². The molecule has 1 atom stereocenters. The molecule has 0 fully saturated rings. The van der Waals surface area contributed by atoms with Crippen LogP contribution in [0.1, 0.15) is 26.7 Å². The predicted octanol–water partition coefficient (Wildman–Crippen LogP) is 5.99. The van der Waals surface area contributed by atoms with Gasteiger partial charge in [-0.3, -0.25) is 0 Å². The highest BCUT2D eigenvalue weighted by molar-refractivity contribution is 14.1. The standard InChI is InChI=1S/C21H22IO2P/c1-16(2)17-12-14-19(15-13-17)25(23,18-8-4-3-5-9-18)21-11-7-6-10-20(21)24-22/h3-12,14,16H,13,15H2,1-2H3. The van der Waals surface area contributed by atoms with Crippen molar-refractivity contribution in [3.05, 3.63) is 77.6 Å². The first-order valence-electron chi connectivity index (χ1n) is 8.51. The summed E-state index contributed by atoms with van der Waals surface area (Å²) in [6.07, 6.45) is 6.03. The number of hydrogen-bond acceptors (Lipinski definition) is 2. The Balaban J connectivity index is 2.20. The third kappa shape index (κ3) is 3.63. The van der Waals surface area contributed by atoms with E-state index in [0.29, 0.717) is 11.7 Å². The Morgan fingerprint density at radius 3 is 2.24 bits per heavy atom. The van der Waals surface area contributed by atoms with E-state index in [1.54, 1.807) is 0 Å². The SMILES string of the molecule is CC(C)C1=CC=C(P(=O)(c2ccccc2)c2ccccc2OI)CC1. The first-order chi connectivity index (χ1) is 12.1. The Bertz CT molecular complexity index is 853. The molecule has 0 saturated heterocycles. The van der Waals surface area contributed by atoms with Gasteiger partial charge in [0.25, 0.3) is 0 Å². The van der Waals surface area contributed by atoms with Crippen molar-refractivity contribution in [2.75, 3.05) is 0 Å². The summed E-state index contributed by atoms with van der Waals surface area (Å²) in [5.74, 6) is 1.20. The van der Waals surface area contributed by atoms with Crippen molar-refractivity contribution < 1.29 is 7.63 Å². The zero-order valence-electron chi connectivity index (χ0n) is 14.5. The molecule has 2 aromatic rings. The van der Waals surface area contributed by atoms with Crippen LogP contribution < -0.4 is 13.7 Å². The van der Waals surface area contributed by atoms with Gasteiger partial charge in [-0.2, -0.15) is 0 Å². The summed E-state index contributed by atoms with van der Waals surface area (Å²) < 4.78 is 20.0. The molecule has 25 heavy (non-hydrogen) atoms. The quantitative estimate of drug-likeness (QED) is 0.402. The highest BCUT2D eigenvalue weighted by Crippen LogP contribution is 2.56. The van der Waals surface area contributed by atoms with E-state index in [-0.39, 0.29) is 0 Å². The average Bonchev–Trinajstić information content (AvgIpc) is 2.68. The highest BCUT2D eigenvalue weighted by atomic mass is 127. The molecule has 4 heteroatoms. The van der Waals surface area contributed by atoms with Gasteiger partial charge in [0, 0.05) is 5.30 Å². The lowest BCUT2D eigenvalue weighted by molar-refractivity contribution is 0.587. The molecule has 0 radical (unpaired) electrons. The fourth-order valence-electron chi connectivity index (χ4n) is 3.27. The normalized spacial score (nSPS) is 16.8. The Hall–Kier alpha value is -1.32. The number of rotatable bonds is 5. The average molecular weight is 464 g/mol. The molecule has 2 aromatic carbocycles. The minimum absolute atomic E-state index is 0.527. The van der Waals surface area contributed by atoms with Crippen LogP contribution in [-0.2, 0) is 4.57 Å². The number of benzene rings is 2. The van der Waals surface area contributed by atoms with E-state index in [0.717, 1.165) is 28.8 Å². The van der Waals surface area contributed by atoms with Crippen molar-refractivity contribution in [3.63, 3.8) is 0 Å². The molecule has 0 aliphatic heterocycles. The predicted molar refractivity (Wildman–Crippen MR) is 115 cm³/mol. The third-order valence-electron chi connectivity index (χ3n) is 4.71. The summed E-state index contributed by atoms with van der Waals surface area (Å²) in [4.78, 5) is 0. The maximum atomic E-state index is 14.4. The van der Waals surface area contributed by atoms with Gasteiger partial charge in [-0.15, -0.1) is 0 Å². The van der Waals surface area contributed by atoms with Crippen LogP contribution in [0, 0.1) is 5.92 Å². The van der Waals surface area contributed by atoms with E-state index in [1.165, 1.54) is 5.57 Å². The van der Waals surface area contributed by atoms with Crippen LogP contribution in [0.4, 0.5) is 0 Å². The molecule has 1 unspecified atom stereocenters. The van der Waals surface area contributed by atoms with Crippen LogP contribution in [0.2, 0.25) is 0 Å². The summed E-state index contributed by atoms with van der Waals surface area (Å²) in [7, 11) is -2.92. The fourth-order valence-corrected chi connectivity index (χ4v) is 6.77. The first-order valence-corrected chi connectivity index (χ1v) is 11.1. The molecule has 0 N–H and O–H groups in total. The molecular formula is C21H22IO2P. The van der Waals surface area contributed by atoms with E-state index in [4.69, 9.17) is 3.07 Å². The number of allylic oxidation sites excluding steroid dienone is 4. The summed E-state index contributed by atoms with van der Waals surface area (Å²) in [6.45, 7) is 4.42. The fraction of sp³-hybridized carbons (Fsp3) is 0.238. The summed E-state index contributed by atoms with van der Waals surface area (Å²) in [5, 5.41) is 2.65. The Morgan fingerprint density at radius 2 is 1.64 bits per heavy atom. The number of halogens is 1. The minimum atomic E-state index is -2.92. The summed E-state index contributed by atoms with van der Waals surface area (Å²) >= 11 is 1.87. The third-order valence-corrected chi connectivity index (χ3v) is 8.44. The second kappa shape index (κ2) is 7.92. The first kappa shape index (κ1) is 18.5. The monoisotopic (exact) mass is 464 g/mol. The molecule has 0 aromatic heterocycles. The lowest BCUT2D eigenvalue weighted by atomic mass is 9.95. The van der Waals surface area contributed by atoms with Gasteiger partial charge in [0.2, 0.25) is 0 Å².